The molecule has 0 heterocycles. The first-order chi connectivity index (χ1) is 7.90. The van der Waals surface area contributed by atoms with Gasteiger partial charge in [0.2, 0.25) is 0 Å². The molecule has 0 bridgehead atoms. The molecule has 0 saturated heterocycles. The molecular formula is C14H27NO2. The SMILES string of the molecule is CC1CC(C)CC(N(CCC(=O)O)C(C)C)C1. The highest BCUT2D eigenvalue weighted by atomic mass is 16.4. The lowest BCUT2D eigenvalue weighted by Gasteiger charge is -2.41. The molecule has 3 heteroatoms. The lowest BCUT2D eigenvalue weighted by molar-refractivity contribution is -0.137. The second kappa shape index (κ2) is 6.39. The van der Waals surface area contributed by atoms with Crippen molar-refractivity contribution in [2.45, 2.75) is 65.5 Å². The molecule has 1 aliphatic rings. The highest BCUT2D eigenvalue weighted by Gasteiger charge is 2.29. The third-order valence-electron chi connectivity index (χ3n) is 3.87. The minimum Gasteiger partial charge on any atom is -0.481 e. The molecule has 1 rings (SSSR count). The Hall–Kier alpha value is -0.570. The summed E-state index contributed by atoms with van der Waals surface area (Å²) in [6.45, 7) is 9.67. The summed E-state index contributed by atoms with van der Waals surface area (Å²) in [4.78, 5) is 13.1. The van der Waals surface area contributed by atoms with E-state index in [2.05, 4.69) is 32.6 Å². The molecule has 0 radical (unpaired) electrons. The Kier molecular flexibility index (Phi) is 5.44. The van der Waals surface area contributed by atoms with Crippen LogP contribution in [-0.2, 0) is 4.79 Å². The van der Waals surface area contributed by atoms with Crippen LogP contribution in [0.3, 0.4) is 0 Å². The van der Waals surface area contributed by atoms with Crippen molar-refractivity contribution in [2.75, 3.05) is 6.54 Å². The van der Waals surface area contributed by atoms with Gasteiger partial charge in [0.15, 0.2) is 0 Å². The number of aliphatic carboxylic acids is 1. The minimum atomic E-state index is -0.687. The first-order valence-corrected chi connectivity index (χ1v) is 6.87. The molecule has 100 valence electrons. The van der Waals surface area contributed by atoms with Gasteiger partial charge in [0.1, 0.15) is 0 Å². The van der Waals surface area contributed by atoms with E-state index < -0.39 is 5.97 Å². The monoisotopic (exact) mass is 241 g/mol. The number of carboxylic acid groups (broad SMARTS) is 1. The fourth-order valence-corrected chi connectivity index (χ4v) is 3.26. The molecule has 0 aromatic heterocycles. The summed E-state index contributed by atoms with van der Waals surface area (Å²) in [6.07, 6.45) is 4.03. The van der Waals surface area contributed by atoms with Crippen LogP contribution in [0.5, 0.6) is 0 Å². The van der Waals surface area contributed by atoms with Crippen molar-refractivity contribution >= 4 is 5.97 Å². The Labute approximate surface area is 105 Å². The predicted octanol–water partition coefficient (Wildman–Crippen LogP) is 3.00. The summed E-state index contributed by atoms with van der Waals surface area (Å²) in [5.74, 6) is 0.859. The van der Waals surface area contributed by atoms with Gasteiger partial charge in [-0.3, -0.25) is 9.69 Å². The van der Waals surface area contributed by atoms with Crippen LogP contribution in [0.1, 0.15) is 53.4 Å². The lowest BCUT2D eigenvalue weighted by Crippen LogP contribution is -2.45. The summed E-state index contributed by atoms with van der Waals surface area (Å²) < 4.78 is 0. The maximum Gasteiger partial charge on any atom is 0.304 e. The summed E-state index contributed by atoms with van der Waals surface area (Å²) in [5, 5.41) is 8.82. The Morgan fingerprint density at radius 3 is 2.18 bits per heavy atom. The van der Waals surface area contributed by atoms with Crippen LogP contribution in [0.25, 0.3) is 0 Å². The summed E-state index contributed by atoms with van der Waals surface area (Å²) in [5.41, 5.74) is 0. The molecule has 1 N–H and O–H groups in total. The van der Waals surface area contributed by atoms with Gasteiger partial charge >= 0.3 is 5.97 Å². The molecule has 1 fully saturated rings. The molecule has 0 aliphatic heterocycles. The van der Waals surface area contributed by atoms with E-state index in [1.807, 2.05) is 0 Å². The summed E-state index contributed by atoms with van der Waals surface area (Å²) >= 11 is 0. The first kappa shape index (κ1) is 14.5. The Morgan fingerprint density at radius 1 is 1.24 bits per heavy atom. The van der Waals surface area contributed by atoms with Gasteiger partial charge in [0, 0.05) is 18.6 Å². The number of hydrogen-bond acceptors (Lipinski definition) is 2. The number of hydrogen-bond donors (Lipinski definition) is 1. The van der Waals surface area contributed by atoms with Gasteiger partial charge in [-0.1, -0.05) is 13.8 Å². The van der Waals surface area contributed by atoms with Crippen LogP contribution < -0.4 is 0 Å². The van der Waals surface area contributed by atoms with Crippen LogP contribution in [0.15, 0.2) is 0 Å². The molecule has 0 aromatic carbocycles. The topological polar surface area (TPSA) is 40.5 Å². The average Bonchev–Trinajstić information content (AvgIpc) is 2.14. The van der Waals surface area contributed by atoms with Gasteiger partial charge < -0.3 is 5.11 Å². The van der Waals surface area contributed by atoms with Crippen molar-refractivity contribution in [1.29, 1.82) is 0 Å². The van der Waals surface area contributed by atoms with Crippen molar-refractivity contribution < 1.29 is 9.90 Å². The van der Waals surface area contributed by atoms with Gasteiger partial charge in [-0.25, -0.2) is 0 Å². The van der Waals surface area contributed by atoms with Gasteiger partial charge in [-0.2, -0.15) is 0 Å². The fraction of sp³-hybridized carbons (Fsp3) is 0.929. The van der Waals surface area contributed by atoms with Crippen molar-refractivity contribution in [3.8, 4) is 0 Å². The van der Waals surface area contributed by atoms with Crippen molar-refractivity contribution in [3.05, 3.63) is 0 Å². The van der Waals surface area contributed by atoms with Crippen molar-refractivity contribution in [1.82, 2.24) is 4.90 Å². The van der Waals surface area contributed by atoms with E-state index in [0.29, 0.717) is 18.6 Å². The average molecular weight is 241 g/mol. The zero-order valence-corrected chi connectivity index (χ0v) is 11.6. The van der Waals surface area contributed by atoms with Gasteiger partial charge in [-0.15, -0.1) is 0 Å². The van der Waals surface area contributed by atoms with Crippen LogP contribution in [0, 0.1) is 11.8 Å². The molecule has 2 atom stereocenters. The minimum absolute atomic E-state index is 0.261. The predicted molar refractivity (Wildman–Crippen MR) is 70.1 cm³/mol. The van der Waals surface area contributed by atoms with Crippen LogP contribution >= 0.6 is 0 Å². The molecule has 2 unspecified atom stereocenters. The third-order valence-corrected chi connectivity index (χ3v) is 3.87. The number of nitrogens with zero attached hydrogens (tertiary/aromatic N) is 1. The zero-order valence-electron chi connectivity index (χ0n) is 11.6. The zero-order chi connectivity index (χ0) is 13.0. The maximum absolute atomic E-state index is 10.7. The maximum atomic E-state index is 10.7. The van der Waals surface area contributed by atoms with Gasteiger partial charge in [-0.05, 0) is 44.9 Å². The van der Waals surface area contributed by atoms with E-state index in [1.165, 1.54) is 19.3 Å². The van der Waals surface area contributed by atoms with Crippen LogP contribution in [0.4, 0.5) is 0 Å². The Balaban J connectivity index is 2.59. The highest BCUT2D eigenvalue weighted by molar-refractivity contribution is 5.66. The van der Waals surface area contributed by atoms with E-state index in [-0.39, 0.29) is 6.42 Å². The normalized spacial score (nSPS) is 29.9. The standard InChI is InChI=1S/C14H27NO2/c1-10(2)15(6-5-14(16)17)13-8-11(3)7-12(4)9-13/h10-13H,5-9H2,1-4H3,(H,16,17). The Bertz CT molecular complexity index is 243. The smallest absolute Gasteiger partial charge is 0.304 e. The van der Waals surface area contributed by atoms with E-state index in [0.717, 1.165) is 11.8 Å². The van der Waals surface area contributed by atoms with E-state index in [4.69, 9.17) is 5.11 Å². The van der Waals surface area contributed by atoms with Crippen LogP contribution in [0.2, 0.25) is 0 Å². The largest absolute Gasteiger partial charge is 0.481 e. The van der Waals surface area contributed by atoms with E-state index in [1.54, 1.807) is 0 Å². The molecule has 0 spiro atoms. The van der Waals surface area contributed by atoms with E-state index >= 15 is 0 Å². The molecular weight excluding hydrogens is 214 g/mol. The van der Waals surface area contributed by atoms with Crippen molar-refractivity contribution in [2.24, 2.45) is 11.8 Å². The molecule has 0 amide bonds. The van der Waals surface area contributed by atoms with Crippen LogP contribution in [-0.4, -0.2) is 34.6 Å². The second-order valence-electron chi connectivity index (χ2n) is 6.05. The molecule has 17 heavy (non-hydrogen) atoms. The van der Waals surface area contributed by atoms with Gasteiger partial charge in [0.05, 0.1) is 6.42 Å². The number of rotatable bonds is 5. The second-order valence-corrected chi connectivity index (χ2v) is 6.05. The van der Waals surface area contributed by atoms with E-state index in [9.17, 15) is 4.79 Å². The highest BCUT2D eigenvalue weighted by Crippen LogP contribution is 2.32. The summed E-state index contributed by atoms with van der Waals surface area (Å²) in [7, 11) is 0. The number of carbonyl (C=O) groups is 1. The first-order valence-electron chi connectivity index (χ1n) is 6.87. The molecule has 1 saturated carbocycles. The van der Waals surface area contributed by atoms with Gasteiger partial charge in [0.25, 0.3) is 0 Å². The quantitative estimate of drug-likeness (QED) is 0.804. The lowest BCUT2D eigenvalue weighted by atomic mass is 9.79. The fourth-order valence-electron chi connectivity index (χ4n) is 3.26. The van der Waals surface area contributed by atoms with Crippen molar-refractivity contribution in [3.63, 3.8) is 0 Å². The molecule has 1 aliphatic carbocycles. The Morgan fingerprint density at radius 2 is 1.76 bits per heavy atom. The number of carboxylic acids is 1. The molecule has 3 nitrogen and oxygen atoms in total. The third kappa shape index (κ3) is 4.66. The summed E-state index contributed by atoms with van der Waals surface area (Å²) in [6, 6.07) is 1.02. The molecule has 0 aromatic rings.